The molecule has 4 aliphatic rings. The Kier molecular flexibility index (Phi) is 37.3. The number of nitrogens with zero attached hydrogens (tertiary/aromatic N) is 18. The van der Waals surface area contributed by atoms with E-state index in [0.717, 1.165) is 136 Å². The molecule has 3 aliphatic carbocycles. The van der Waals surface area contributed by atoms with E-state index in [1.807, 2.05) is 41.5 Å². The van der Waals surface area contributed by atoms with Crippen LogP contribution in [-0.2, 0) is 66.4 Å². The Balaban J connectivity index is 0.000000185. The molecule has 12 aromatic rings. The van der Waals surface area contributed by atoms with Gasteiger partial charge in [-0.3, -0.25) is 47.4 Å². The normalized spacial score (nSPS) is 20.1. The lowest BCUT2D eigenvalue weighted by Crippen LogP contribution is -2.56. The third-order valence-corrected chi connectivity index (χ3v) is 25.5. The highest BCUT2D eigenvalue weighted by atomic mass is 35.5. The number of nitrogens with two attached hydrogens (primary N) is 2. The Labute approximate surface area is 824 Å². The van der Waals surface area contributed by atoms with Gasteiger partial charge in [0.05, 0.1) is 91.4 Å². The van der Waals surface area contributed by atoms with Gasteiger partial charge in [-0.1, -0.05) is 20.8 Å². The second kappa shape index (κ2) is 48.7. The zero-order chi connectivity index (χ0) is 101. The number of carboxylic acid groups (broad SMARTS) is 1. The number of carboxylic acids is 1. The number of esters is 2. The summed E-state index contributed by atoms with van der Waals surface area (Å²) in [7, 11) is -3.67. The minimum atomic E-state index is -3.67. The Morgan fingerprint density at radius 1 is 0.500 bits per heavy atom. The predicted octanol–water partition coefficient (Wildman–Crippen LogP) is 11.0. The Hall–Kier alpha value is -12.2. The largest absolute Gasteiger partial charge is 0.480 e. The third kappa shape index (κ3) is 28.2. The minimum absolute atomic E-state index is 0. The van der Waals surface area contributed by atoms with Crippen molar-refractivity contribution in [3.05, 3.63) is 161 Å². The Morgan fingerprint density at radius 3 is 1.18 bits per heavy atom. The number of nitrogens with one attached hydrogen (secondary N) is 3. The summed E-state index contributed by atoms with van der Waals surface area (Å²) < 4.78 is 154. The maximum Gasteiger partial charge on any atom is 0.325 e. The van der Waals surface area contributed by atoms with Crippen molar-refractivity contribution in [3.63, 3.8) is 0 Å². The van der Waals surface area contributed by atoms with Gasteiger partial charge < -0.3 is 81.4 Å². The molecule has 43 nitrogen and oxygen atoms in total. The number of halogens is 7. The van der Waals surface area contributed by atoms with Crippen molar-refractivity contribution < 1.29 is 122 Å². The van der Waals surface area contributed by atoms with Crippen molar-refractivity contribution >= 4 is 109 Å². The van der Waals surface area contributed by atoms with E-state index in [9.17, 15) is 84.0 Å². The van der Waals surface area contributed by atoms with Crippen molar-refractivity contribution in [1.29, 1.82) is 0 Å². The van der Waals surface area contributed by atoms with Crippen LogP contribution in [0.3, 0.4) is 0 Å². The highest BCUT2D eigenvalue weighted by Crippen LogP contribution is 2.41. The number of carbonyl (C=O) groups is 6. The topological polar surface area (TPSA) is 586 Å². The van der Waals surface area contributed by atoms with E-state index < -0.39 is 142 Å². The fourth-order valence-corrected chi connectivity index (χ4v) is 17.9. The summed E-state index contributed by atoms with van der Waals surface area (Å²) in [5.41, 5.74) is 12.1. The third-order valence-electron chi connectivity index (χ3n) is 22.8. The maximum atomic E-state index is 14.8. The quantitative estimate of drug-likeness (QED) is 0.00832. The standard InChI is InChI=1S/C30H36F2N8O4S.C29H33F2N7O7S.C28H30F2N8O6S.CH4O3S.ClH/c1-5-43-19-8-6-18(7-9-19)40-14-21(25(38-40)24-20(31)10-11-23(32)37-24)35-27(41)22-15-45-28(36-22)17-12-34-39(13-17)16-44-29(42)26(33)30(2,3)4;1-2-44-16-5-3-15(4-6-16)37-11-18(23(36-37)22-17(30)7-8-21(31)35-22)33-27(43)19-13-46-28(34-19)14-9-32-38(10-14)29-26(42)25(41)24(40)20(12-39)45-29;1-2-43-17-5-3-16(4-6-17)38-12-20(25(36-38)24-18(29)7-8-22(30)35-24)33-26(40)21-13-45-27(34-21)15-10-32-37(11-15)14-44-23(39)9-19(31)28(41)42;1-5(2,3)4;/h10-15,18-19,26H,5-9,16,33H2,1-4H3,(H,35,41);7-11,13,15-16,20,24-26,29,39-42H,2-6,12H2,1H3,(H,33,43);7-8,10-13,16-17,19H,2-6,9,14,31H2,1H3,(H,33,40)(H,41,42);1H3,(H,2,3,4);1H/t18?,19?,26-;;16?,17?,19-;;/m1.0../s1. The van der Waals surface area contributed by atoms with Crippen LogP contribution in [0.4, 0.5) is 43.4 Å². The number of ether oxygens (including phenoxy) is 6. The van der Waals surface area contributed by atoms with Gasteiger partial charge in [-0.2, -0.15) is 52.2 Å². The SMILES string of the molecule is CCOC1CCC(n2cc(NC(=O)c3csc(-c4cnn(C5OC(CO)C(O)C(O)C5O)c4)n3)c(-c3nc(F)ccc3F)n2)CC1.CCOC1CCC(n2cc(NC(=O)c3csc(-c4cnn(COC(=O)C[C@H](N)C(=O)O)c4)n3)c(-c3nc(F)ccc3F)n2)CC1.CCOC1CCC(n2cc(NC(=O)c3csc(-c4cnn(COC(=O)[C@@H](N)C(C)(C)C)c4)n3)c(-c3nc(F)ccc3F)n2)CC1.CS(=O)(=O)O.Cl. The van der Waals surface area contributed by atoms with Crippen LogP contribution < -0.4 is 27.4 Å². The zero-order valence-corrected chi connectivity index (χ0v) is 81.3. The summed E-state index contributed by atoms with van der Waals surface area (Å²) in [4.78, 5) is 99.1. The molecule has 13 heterocycles. The number of aliphatic hydroxyl groups is 4. The van der Waals surface area contributed by atoms with Crippen LogP contribution in [0.15, 0.2) is 108 Å². The van der Waals surface area contributed by atoms with Crippen molar-refractivity contribution in [3.8, 4) is 65.9 Å². The number of rotatable bonds is 31. The number of pyridine rings is 3. The molecule has 3 saturated carbocycles. The summed E-state index contributed by atoms with van der Waals surface area (Å²) in [6.07, 6.45) is 17.2. The fourth-order valence-electron chi connectivity index (χ4n) is 15.5. The molecule has 1 aliphatic heterocycles. The number of carbonyl (C=O) groups excluding carboxylic acids is 5. The fraction of sp³-hybridized carbons (Fsp3) is 0.455. The molecule has 0 bridgehead atoms. The molecule has 1 saturated heterocycles. The lowest BCUT2D eigenvalue weighted by molar-refractivity contribution is -0.253. The number of hydrogen-bond donors (Lipinski definition) is 11. The molecule has 764 valence electrons. The molecular formula is C88H104ClF6N23O20S4. The number of aliphatic hydroxyl groups excluding tert-OH is 4. The predicted molar refractivity (Wildman–Crippen MR) is 502 cm³/mol. The van der Waals surface area contributed by atoms with E-state index >= 15 is 0 Å². The number of hydrogen-bond acceptors (Lipinski definition) is 35. The van der Waals surface area contributed by atoms with Crippen LogP contribution in [0.1, 0.15) is 181 Å². The number of aromatic nitrogens is 18. The number of amides is 3. The van der Waals surface area contributed by atoms with Crippen molar-refractivity contribution in [2.75, 3.05) is 48.6 Å². The van der Waals surface area contributed by atoms with Crippen LogP contribution in [0.5, 0.6) is 0 Å². The zero-order valence-electron chi connectivity index (χ0n) is 77.2. The molecule has 0 aromatic carbocycles. The van der Waals surface area contributed by atoms with Gasteiger partial charge in [0.15, 0.2) is 37.1 Å². The maximum absolute atomic E-state index is 14.8. The molecule has 0 spiro atoms. The van der Waals surface area contributed by atoms with Crippen LogP contribution in [0, 0.1) is 40.7 Å². The van der Waals surface area contributed by atoms with E-state index in [-0.39, 0.29) is 131 Å². The Morgan fingerprint density at radius 2 is 0.845 bits per heavy atom. The first-order chi connectivity index (χ1) is 67.2. The average molecular weight is 2080 g/mol. The number of aliphatic carboxylic acids is 1. The van der Waals surface area contributed by atoms with Crippen LogP contribution in [0.25, 0.3) is 65.9 Å². The molecule has 142 heavy (non-hydrogen) atoms. The first-order valence-corrected chi connectivity index (χ1v) is 49.0. The number of thiazole rings is 3. The van der Waals surface area contributed by atoms with Gasteiger partial charge >= 0.3 is 17.9 Å². The van der Waals surface area contributed by atoms with Gasteiger partial charge in [0.25, 0.3) is 27.8 Å². The van der Waals surface area contributed by atoms with Gasteiger partial charge in [-0.05, 0) is 140 Å². The van der Waals surface area contributed by atoms with E-state index in [2.05, 4.69) is 76.4 Å². The molecule has 5 unspecified atom stereocenters. The highest BCUT2D eigenvalue weighted by Gasteiger charge is 2.45. The molecule has 4 fully saturated rings. The molecule has 0 radical (unpaired) electrons. The monoisotopic (exact) mass is 2080 g/mol. The molecule has 54 heteroatoms. The van der Waals surface area contributed by atoms with Crippen molar-refractivity contribution in [2.24, 2.45) is 16.9 Å². The molecule has 12 aromatic heterocycles. The summed E-state index contributed by atoms with van der Waals surface area (Å²) >= 11 is 3.51. The Bertz CT molecular complexity index is 6450. The molecular weight excluding hydrogens is 1980 g/mol. The lowest BCUT2D eigenvalue weighted by atomic mass is 9.87. The van der Waals surface area contributed by atoms with E-state index in [1.54, 1.807) is 50.4 Å². The summed E-state index contributed by atoms with van der Waals surface area (Å²) in [5, 5.41) is 89.1. The molecule has 7 atom stereocenters. The van der Waals surface area contributed by atoms with E-state index in [4.69, 9.17) is 49.5 Å². The van der Waals surface area contributed by atoms with E-state index in [0.29, 0.717) is 57.8 Å². The van der Waals surface area contributed by atoms with Gasteiger partial charge in [0, 0.05) is 89.8 Å². The molecule has 3 amide bonds. The average Bonchev–Trinajstić information content (AvgIpc) is 1.72. The van der Waals surface area contributed by atoms with Gasteiger partial charge in [-0.15, -0.1) is 46.4 Å². The summed E-state index contributed by atoms with van der Waals surface area (Å²) in [6, 6.07) is 3.37. The lowest BCUT2D eigenvalue weighted by Gasteiger charge is -2.39. The molecule has 13 N–H and O–H groups in total. The second-order valence-electron chi connectivity index (χ2n) is 34.1. The minimum Gasteiger partial charge on any atom is -0.480 e. The first kappa shape index (κ1) is 109. The van der Waals surface area contributed by atoms with Crippen LogP contribution in [0.2, 0.25) is 0 Å². The van der Waals surface area contributed by atoms with Crippen molar-refractivity contribution in [1.82, 2.24) is 88.6 Å². The molecule has 16 rings (SSSR count). The van der Waals surface area contributed by atoms with E-state index in [1.165, 1.54) is 60.9 Å². The van der Waals surface area contributed by atoms with Gasteiger partial charge in [0.1, 0.15) is 103 Å². The first-order valence-electron chi connectivity index (χ1n) is 44.5. The van der Waals surface area contributed by atoms with Crippen LogP contribution in [-0.4, -0.2) is 250 Å². The van der Waals surface area contributed by atoms with Crippen LogP contribution >= 0.6 is 46.4 Å². The smallest absolute Gasteiger partial charge is 0.325 e. The summed E-state index contributed by atoms with van der Waals surface area (Å²) in [6.45, 7) is 12.3. The van der Waals surface area contributed by atoms with Gasteiger partial charge in [-0.25, -0.2) is 57.1 Å². The van der Waals surface area contributed by atoms with Crippen molar-refractivity contribution in [2.45, 2.75) is 218 Å². The highest BCUT2D eigenvalue weighted by molar-refractivity contribution is 7.85. The number of anilines is 3. The second-order valence-corrected chi connectivity index (χ2v) is 38.1. The van der Waals surface area contributed by atoms with Gasteiger partial charge in [0.2, 0.25) is 17.8 Å². The summed E-state index contributed by atoms with van der Waals surface area (Å²) in [5.74, 6) is -9.46.